The lowest BCUT2D eigenvalue weighted by Gasteiger charge is -2.35. The molecule has 1 aromatic heterocycles. The number of nitrogens with two attached hydrogens (primary N) is 1. The first-order chi connectivity index (χ1) is 8.15. The molecule has 2 rings (SSSR count). The molecule has 0 aliphatic heterocycles. The summed E-state index contributed by atoms with van der Waals surface area (Å²) in [5.41, 5.74) is 7.66. The van der Waals surface area contributed by atoms with E-state index < -0.39 is 0 Å². The number of hydrogen-bond donors (Lipinski definition) is 1. The van der Waals surface area contributed by atoms with E-state index in [9.17, 15) is 0 Å². The van der Waals surface area contributed by atoms with Crippen LogP contribution in [0, 0.1) is 11.8 Å². The van der Waals surface area contributed by atoms with Crippen LogP contribution in [0.15, 0.2) is 16.8 Å². The molecule has 3 unspecified atom stereocenters. The molecule has 2 nitrogen and oxygen atoms in total. The normalized spacial score (nSPS) is 29.8. The minimum Gasteiger partial charge on any atom is -0.327 e. The predicted octanol–water partition coefficient (Wildman–Crippen LogP) is 2.94. The molecular formula is C14H24N2S. The molecular weight excluding hydrogens is 228 g/mol. The van der Waals surface area contributed by atoms with Crippen molar-refractivity contribution in [3.05, 3.63) is 22.4 Å². The summed E-state index contributed by atoms with van der Waals surface area (Å²) in [5.74, 6) is 1.54. The lowest BCUT2D eigenvalue weighted by molar-refractivity contribution is 0.177. The molecule has 1 fully saturated rings. The molecule has 0 aromatic carbocycles. The first-order valence-electron chi connectivity index (χ1n) is 6.60. The number of thiophene rings is 1. The Labute approximate surface area is 109 Å². The van der Waals surface area contributed by atoms with E-state index in [0.29, 0.717) is 12.0 Å². The SMILES string of the molecule is CC1CCC(N)C(CN(C)Cc2ccsc2)C1. The van der Waals surface area contributed by atoms with Crippen LogP contribution in [0.25, 0.3) is 0 Å². The fourth-order valence-corrected chi connectivity index (χ4v) is 3.55. The highest BCUT2D eigenvalue weighted by Crippen LogP contribution is 2.28. The molecule has 96 valence electrons. The molecule has 1 saturated carbocycles. The molecule has 3 heteroatoms. The molecule has 1 aromatic rings. The van der Waals surface area contributed by atoms with E-state index in [-0.39, 0.29) is 0 Å². The van der Waals surface area contributed by atoms with Crippen molar-refractivity contribution >= 4 is 11.3 Å². The standard InChI is InChI=1S/C14H24N2S/c1-11-3-4-14(15)13(7-11)9-16(2)8-12-5-6-17-10-12/h5-6,10-11,13-14H,3-4,7-9,15H2,1-2H3. The van der Waals surface area contributed by atoms with E-state index >= 15 is 0 Å². The number of rotatable bonds is 4. The first kappa shape index (κ1) is 13.1. The predicted molar refractivity (Wildman–Crippen MR) is 75.1 cm³/mol. The Hall–Kier alpha value is -0.380. The lowest BCUT2D eigenvalue weighted by Crippen LogP contribution is -2.41. The van der Waals surface area contributed by atoms with Gasteiger partial charge >= 0.3 is 0 Å². The third-order valence-corrected chi connectivity index (χ3v) is 4.61. The van der Waals surface area contributed by atoms with Crippen LogP contribution in [0.1, 0.15) is 31.7 Å². The highest BCUT2D eigenvalue weighted by atomic mass is 32.1. The van der Waals surface area contributed by atoms with Crippen LogP contribution in [0.3, 0.4) is 0 Å². The molecule has 1 heterocycles. The second kappa shape index (κ2) is 5.98. The Morgan fingerprint density at radius 1 is 1.47 bits per heavy atom. The summed E-state index contributed by atoms with van der Waals surface area (Å²) in [6.45, 7) is 4.56. The van der Waals surface area contributed by atoms with Gasteiger partial charge in [0.05, 0.1) is 0 Å². The van der Waals surface area contributed by atoms with Gasteiger partial charge in [0.1, 0.15) is 0 Å². The average molecular weight is 252 g/mol. The summed E-state index contributed by atoms with van der Waals surface area (Å²) in [6, 6.07) is 2.63. The maximum atomic E-state index is 6.24. The summed E-state index contributed by atoms with van der Waals surface area (Å²) in [4.78, 5) is 2.42. The molecule has 0 spiro atoms. The van der Waals surface area contributed by atoms with Gasteiger partial charge in [-0.25, -0.2) is 0 Å². The smallest absolute Gasteiger partial charge is 0.0239 e. The second-order valence-corrected chi connectivity index (χ2v) is 6.45. The molecule has 0 radical (unpaired) electrons. The average Bonchev–Trinajstić information content (AvgIpc) is 2.76. The highest BCUT2D eigenvalue weighted by molar-refractivity contribution is 7.07. The van der Waals surface area contributed by atoms with Gasteiger partial charge in [-0.05, 0) is 60.5 Å². The summed E-state index contributed by atoms with van der Waals surface area (Å²) in [7, 11) is 2.21. The van der Waals surface area contributed by atoms with Crippen molar-refractivity contribution in [2.24, 2.45) is 17.6 Å². The van der Waals surface area contributed by atoms with E-state index in [1.165, 1.54) is 24.8 Å². The van der Waals surface area contributed by atoms with Gasteiger partial charge in [-0.1, -0.05) is 6.92 Å². The van der Waals surface area contributed by atoms with E-state index in [2.05, 4.69) is 35.7 Å². The van der Waals surface area contributed by atoms with E-state index in [1.54, 1.807) is 11.3 Å². The molecule has 17 heavy (non-hydrogen) atoms. The van der Waals surface area contributed by atoms with Crippen LogP contribution in [-0.4, -0.2) is 24.5 Å². The van der Waals surface area contributed by atoms with Crippen LogP contribution >= 0.6 is 11.3 Å². The van der Waals surface area contributed by atoms with Crippen molar-refractivity contribution in [2.45, 2.75) is 38.8 Å². The molecule has 3 atom stereocenters. The Morgan fingerprint density at radius 3 is 3.00 bits per heavy atom. The Kier molecular flexibility index (Phi) is 4.60. The van der Waals surface area contributed by atoms with Crippen molar-refractivity contribution in [3.63, 3.8) is 0 Å². The first-order valence-corrected chi connectivity index (χ1v) is 7.54. The van der Waals surface area contributed by atoms with Crippen LogP contribution in [0.2, 0.25) is 0 Å². The zero-order valence-electron chi connectivity index (χ0n) is 10.9. The molecule has 0 bridgehead atoms. The minimum atomic E-state index is 0.413. The quantitative estimate of drug-likeness (QED) is 0.892. The van der Waals surface area contributed by atoms with Crippen LogP contribution in [-0.2, 0) is 6.54 Å². The Bertz CT molecular complexity index is 323. The van der Waals surface area contributed by atoms with Gasteiger partial charge in [0.2, 0.25) is 0 Å². The molecule has 2 N–H and O–H groups in total. The van der Waals surface area contributed by atoms with Crippen molar-refractivity contribution in [2.75, 3.05) is 13.6 Å². The number of hydrogen-bond acceptors (Lipinski definition) is 3. The molecule has 1 aliphatic carbocycles. The Balaban J connectivity index is 1.82. The molecule has 0 saturated heterocycles. The summed E-state index contributed by atoms with van der Waals surface area (Å²) < 4.78 is 0. The maximum Gasteiger partial charge on any atom is 0.0239 e. The maximum absolute atomic E-state index is 6.24. The van der Waals surface area contributed by atoms with Gasteiger partial charge in [-0.2, -0.15) is 11.3 Å². The van der Waals surface area contributed by atoms with Crippen LogP contribution < -0.4 is 5.73 Å². The second-order valence-electron chi connectivity index (χ2n) is 5.67. The van der Waals surface area contributed by atoms with Crippen molar-refractivity contribution in [3.8, 4) is 0 Å². The minimum absolute atomic E-state index is 0.413. The van der Waals surface area contributed by atoms with E-state index in [4.69, 9.17) is 5.73 Å². The highest BCUT2D eigenvalue weighted by Gasteiger charge is 2.26. The number of nitrogens with zero attached hydrogens (tertiary/aromatic N) is 1. The zero-order valence-corrected chi connectivity index (χ0v) is 11.7. The summed E-state index contributed by atoms with van der Waals surface area (Å²) in [6.07, 6.45) is 3.82. The third-order valence-electron chi connectivity index (χ3n) is 3.88. The van der Waals surface area contributed by atoms with E-state index in [0.717, 1.165) is 19.0 Å². The van der Waals surface area contributed by atoms with Crippen molar-refractivity contribution in [1.29, 1.82) is 0 Å². The van der Waals surface area contributed by atoms with E-state index in [1.807, 2.05) is 0 Å². The zero-order chi connectivity index (χ0) is 12.3. The fourth-order valence-electron chi connectivity index (χ4n) is 2.89. The third kappa shape index (κ3) is 3.80. The van der Waals surface area contributed by atoms with Gasteiger partial charge in [0, 0.05) is 19.1 Å². The lowest BCUT2D eigenvalue weighted by atomic mass is 9.79. The van der Waals surface area contributed by atoms with Gasteiger partial charge < -0.3 is 10.6 Å². The summed E-state index contributed by atoms with van der Waals surface area (Å²) in [5, 5.41) is 4.39. The monoisotopic (exact) mass is 252 g/mol. The topological polar surface area (TPSA) is 29.3 Å². The largest absolute Gasteiger partial charge is 0.327 e. The molecule has 0 amide bonds. The summed E-state index contributed by atoms with van der Waals surface area (Å²) >= 11 is 1.78. The molecule has 1 aliphatic rings. The van der Waals surface area contributed by atoms with Crippen LogP contribution in [0.5, 0.6) is 0 Å². The van der Waals surface area contributed by atoms with Gasteiger partial charge in [0.15, 0.2) is 0 Å². The Morgan fingerprint density at radius 2 is 2.29 bits per heavy atom. The van der Waals surface area contributed by atoms with Crippen molar-refractivity contribution < 1.29 is 0 Å². The van der Waals surface area contributed by atoms with Crippen molar-refractivity contribution in [1.82, 2.24) is 4.90 Å². The van der Waals surface area contributed by atoms with Gasteiger partial charge in [-0.3, -0.25) is 0 Å². The van der Waals surface area contributed by atoms with Crippen LogP contribution in [0.4, 0.5) is 0 Å². The fraction of sp³-hybridized carbons (Fsp3) is 0.714. The van der Waals surface area contributed by atoms with Gasteiger partial charge in [-0.15, -0.1) is 0 Å². The van der Waals surface area contributed by atoms with Gasteiger partial charge in [0.25, 0.3) is 0 Å².